The summed E-state index contributed by atoms with van der Waals surface area (Å²) in [5.41, 5.74) is 0. The lowest BCUT2D eigenvalue weighted by molar-refractivity contribution is 0.337. The summed E-state index contributed by atoms with van der Waals surface area (Å²) in [5, 5.41) is -0.313. The average Bonchev–Trinajstić information content (AvgIpc) is 3.15. The van der Waals surface area contributed by atoms with E-state index in [0.29, 0.717) is 10.8 Å². The zero-order valence-corrected chi connectivity index (χ0v) is 16.9. The van der Waals surface area contributed by atoms with Crippen LogP contribution in [0.1, 0.15) is 6.42 Å². The van der Waals surface area contributed by atoms with Crippen molar-refractivity contribution in [3.8, 4) is 5.75 Å². The molecule has 9 heteroatoms. The van der Waals surface area contributed by atoms with E-state index in [1.165, 1.54) is 28.6 Å². The van der Waals surface area contributed by atoms with Gasteiger partial charge >= 0.3 is 0 Å². The number of rotatable bonds is 7. The van der Waals surface area contributed by atoms with E-state index < -0.39 is 25.1 Å². The van der Waals surface area contributed by atoms with Crippen LogP contribution in [-0.2, 0) is 19.9 Å². The highest BCUT2D eigenvalue weighted by atomic mass is 35.5. The van der Waals surface area contributed by atoms with Crippen molar-refractivity contribution in [1.29, 1.82) is 0 Å². The van der Waals surface area contributed by atoms with E-state index in [2.05, 4.69) is 0 Å². The minimum absolute atomic E-state index is 0.0114. The van der Waals surface area contributed by atoms with Gasteiger partial charge in [0.2, 0.25) is 10.0 Å². The molecule has 0 radical (unpaired) electrons. The quantitative estimate of drug-likeness (QED) is 0.675. The molecule has 0 unspecified atom stereocenters. The largest absolute Gasteiger partial charge is 0.492 e. The Bertz CT molecular complexity index is 976. The molecule has 0 saturated carbocycles. The van der Waals surface area contributed by atoms with Crippen molar-refractivity contribution in [2.75, 3.05) is 25.4 Å². The van der Waals surface area contributed by atoms with Crippen molar-refractivity contribution in [3.63, 3.8) is 0 Å². The predicted octanol–water partition coefficient (Wildman–Crippen LogP) is 2.60. The molecule has 1 aliphatic rings. The molecule has 1 aliphatic heterocycles. The smallest absolute Gasteiger partial charge is 0.217 e. The Labute approximate surface area is 164 Å². The Hall–Kier alpha value is -1.61. The number of benzene rings is 2. The van der Waals surface area contributed by atoms with E-state index in [1.807, 2.05) is 6.07 Å². The van der Waals surface area contributed by atoms with Crippen LogP contribution in [0, 0.1) is 0 Å². The summed E-state index contributed by atoms with van der Waals surface area (Å²) in [7, 11) is -7.20. The molecule has 0 bridgehead atoms. The maximum absolute atomic E-state index is 12.7. The molecule has 3 rings (SSSR count). The van der Waals surface area contributed by atoms with Gasteiger partial charge in [-0.2, -0.15) is 0 Å². The predicted molar refractivity (Wildman–Crippen MR) is 104 cm³/mol. The molecule has 0 spiro atoms. The van der Waals surface area contributed by atoms with E-state index in [4.69, 9.17) is 16.3 Å². The van der Waals surface area contributed by atoms with Gasteiger partial charge in [-0.05, 0) is 42.8 Å². The van der Waals surface area contributed by atoms with Crippen molar-refractivity contribution in [1.82, 2.24) is 4.31 Å². The van der Waals surface area contributed by atoms with Crippen LogP contribution in [0.4, 0.5) is 0 Å². The lowest BCUT2D eigenvalue weighted by Gasteiger charge is -2.17. The highest BCUT2D eigenvalue weighted by Crippen LogP contribution is 2.26. The van der Waals surface area contributed by atoms with Gasteiger partial charge in [0.05, 0.1) is 15.9 Å². The fourth-order valence-electron chi connectivity index (χ4n) is 2.93. The van der Waals surface area contributed by atoms with Gasteiger partial charge in [0.15, 0.2) is 9.84 Å². The molecule has 2 aromatic carbocycles. The van der Waals surface area contributed by atoms with Gasteiger partial charge in [-0.15, -0.1) is 0 Å². The molecular weight excluding hydrogens is 410 g/mol. The Morgan fingerprint density at radius 3 is 2.33 bits per heavy atom. The van der Waals surface area contributed by atoms with E-state index in [0.717, 1.165) is 0 Å². The third kappa shape index (κ3) is 4.82. The topological polar surface area (TPSA) is 80.8 Å². The SMILES string of the molecule is O=S(=O)(c1ccc(Cl)cc1)[C@H]1CCN(S(=O)(=O)CCOc2ccccc2)C1. The monoisotopic (exact) mass is 429 g/mol. The molecule has 0 aromatic heterocycles. The molecule has 1 atom stereocenters. The summed E-state index contributed by atoms with van der Waals surface area (Å²) in [6, 6.07) is 14.9. The van der Waals surface area contributed by atoms with Gasteiger partial charge in [0.25, 0.3) is 0 Å². The summed E-state index contributed by atoms with van der Waals surface area (Å²) in [5.74, 6) is 0.396. The summed E-state index contributed by atoms with van der Waals surface area (Å²) in [6.07, 6.45) is 0.268. The van der Waals surface area contributed by atoms with E-state index in [-0.39, 0.29) is 36.8 Å². The highest BCUT2D eigenvalue weighted by Gasteiger charge is 2.38. The van der Waals surface area contributed by atoms with Crippen LogP contribution < -0.4 is 4.74 Å². The summed E-state index contributed by atoms with van der Waals surface area (Å²) in [6.45, 7) is 0.154. The van der Waals surface area contributed by atoms with Gasteiger partial charge in [-0.1, -0.05) is 29.8 Å². The first-order chi connectivity index (χ1) is 12.8. The number of ether oxygens (including phenoxy) is 1. The lowest BCUT2D eigenvalue weighted by Crippen LogP contribution is -2.35. The van der Waals surface area contributed by atoms with Crippen molar-refractivity contribution in [2.45, 2.75) is 16.6 Å². The number of hydrogen-bond acceptors (Lipinski definition) is 5. The van der Waals surface area contributed by atoms with Crippen molar-refractivity contribution in [2.24, 2.45) is 0 Å². The Morgan fingerprint density at radius 1 is 1.00 bits per heavy atom. The number of para-hydroxylation sites is 1. The van der Waals surface area contributed by atoms with Gasteiger partial charge in [0, 0.05) is 18.1 Å². The Morgan fingerprint density at radius 2 is 1.67 bits per heavy atom. The van der Waals surface area contributed by atoms with Gasteiger partial charge in [0.1, 0.15) is 12.4 Å². The summed E-state index contributed by atoms with van der Waals surface area (Å²) < 4.78 is 57.2. The van der Waals surface area contributed by atoms with Crippen LogP contribution >= 0.6 is 11.6 Å². The van der Waals surface area contributed by atoms with E-state index in [1.54, 1.807) is 24.3 Å². The van der Waals surface area contributed by atoms with Crippen molar-refractivity contribution in [3.05, 3.63) is 59.6 Å². The van der Waals surface area contributed by atoms with Crippen molar-refractivity contribution >= 4 is 31.5 Å². The summed E-state index contributed by atoms with van der Waals surface area (Å²) in [4.78, 5) is 0.156. The molecule has 0 amide bonds. The second kappa shape index (κ2) is 8.18. The zero-order chi connectivity index (χ0) is 19.5. The van der Waals surface area contributed by atoms with E-state index in [9.17, 15) is 16.8 Å². The number of nitrogens with zero attached hydrogens (tertiary/aromatic N) is 1. The zero-order valence-electron chi connectivity index (χ0n) is 14.5. The molecule has 1 fully saturated rings. The standard InChI is InChI=1S/C18H20ClNO5S2/c19-15-6-8-17(9-7-15)27(23,24)18-10-11-20(14-18)26(21,22)13-12-25-16-4-2-1-3-5-16/h1-9,18H,10-14H2/t18-/m0/s1. The van der Waals surface area contributed by atoms with Crippen LogP contribution in [0.15, 0.2) is 59.5 Å². The Balaban J connectivity index is 1.61. The molecule has 0 N–H and O–H groups in total. The molecule has 2 aromatic rings. The molecule has 1 heterocycles. The molecule has 27 heavy (non-hydrogen) atoms. The fraction of sp³-hybridized carbons (Fsp3) is 0.333. The van der Waals surface area contributed by atoms with Crippen LogP contribution in [0.2, 0.25) is 5.02 Å². The van der Waals surface area contributed by atoms with Gasteiger partial charge in [-0.25, -0.2) is 21.1 Å². The third-order valence-corrected chi connectivity index (χ3v) is 8.68. The minimum atomic E-state index is -3.61. The minimum Gasteiger partial charge on any atom is -0.492 e. The molecular formula is C18H20ClNO5S2. The third-order valence-electron chi connectivity index (χ3n) is 4.44. The molecule has 1 saturated heterocycles. The maximum atomic E-state index is 12.7. The number of hydrogen-bond donors (Lipinski definition) is 0. The van der Waals surface area contributed by atoms with E-state index >= 15 is 0 Å². The molecule has 6 nitrogen and oxygen atoms in total. The van der Waals surface area contributed by atoms with Crippen LogP contribution in [0.5, 0.6) is 5.75 Å². The molecule has 146 valence electrons. The number of sulfonamides is 1. The normalized spacial score (nSPS) is 18.5. The summed E-state index contributed by atoms with van der Waals surface area (Å²) >= 11 is 5.80. The first kappa shape index (κ1) is 20.1. The highest BCUT2D eigenvalue weighted by molar-refractivity contribution is 7.92. The van der Waals surface area contributed by atoms with Gasteiger partial charge in [-0.3, -0.25) is 0 Å². The second-order valence-corrected chi connectivity index (χ2v) is 11.0. The van der Waals surface area contributed by atoms with Crippen LogP contribution in [-0.4, -0.2) is 51.8 Å². The first-order valence-electron chi connectivity index (χ1n) is 8.44. The lowest BCUT2D eigenvalue weighted by atomic mass is 10.3. The van der Waals surface area contributed by atoms with Crippen LogP contribution in [0.3, 0.4) is 0 Å². The van der Waals surface area contributed by atoms with Gasteiger partial charge < -0.3 is 4.74 Å². The number of sulfone groups is 1. The molecule has 0 aliphatic carbocycles. The average molecular weight is 430 g/mol. The second-order valence-electron chi connectivity index (χ2n) is 6.25. The Kier molecular flexibility index (Phi) is 6.10. The number of halogens is 1. The first-order valence-corrected chi connectivity index (χ1v) is 12.0. The van der Waals surface area contributed by atoms with Crippen LogP contribution in [0.25, 0.3) is 0 Å². The van der Waals surface area contributed by atoms with Crippen molar-refractivity contribution < 1.29 is 21.6 Å². The maximum Gasteiger partial charge on any atom is 0.217 e. The fourth-order valence-corrected chi connectivity index (χ4v) is 6.19.